The van der Waals surface area contributed by atoms with Gasteiger partial charge in [0.2, 0.25) is 0 Å². The van der Waals surface area contributed by atoms with Gasteiger partial charge in [-0.05, 0) is 132 Å². The normalized spacial score (nSPS) is 12.7. The highest BCUT2D eigenvalue weighted by molar-refractivity contribution is 9.14. The van der Waals surface area contributed by atoms with E-state index in [0.29, 0.717) is 21.5 Å². The van der Waals surface area contributed by atoms with Gasteiger partial charge in [0.15, 0.2) is 10.9 Å². The van der Waals surface area contributed by atoms with Crippen molar-refractivity contribution in [2.75, 3.05) is 0 Å². The number of benzene rings is 8. The summed E-state index contributed by atoms with van der Waals surface area (Å²) >= 11 is 14.7. The fourth-order valence-corrected chi connectivity index (χ4v) is 8.39. The van der Waals surface area contributed by atoms with Gasteiger partial charge in [0.25, 0.3) is 0 Å². The van der Waals surface area contributed by atoms with E-state index in [0.717, 1.165) is 71.8 Å². The van der Waals surface area contributed by atoms with Crippen LogP contribution in [0.25, 0.3) is 75.4 Å². The van der Waals surface area contributed by atoms with E-state index in [1.165, 1.54) is 0 Å². The van der Waals surface area contributed by atoms with Crippen molar-refractivity contribution in [2.24, 2.45) is 0 Å². The molecule has 6 heteroatoms. The highest BCUT2D eigenvalue weighted by Gasteiger charge is 2.24. The number of rotatable bonds is 0. The van der Waals surface area contributed by atoms with E-state index in [1.54, 1.807) is 0 Å². The van der Waals surface area contributed by atoms with Crippen molar-refractivity contribution in [3.63, 3.8) is 0 Å². The van der Waals surface area contributed by atoms with E-state index in [2.05, 4.69) is 75.9 Å². The minimum Gasteiger partial charge on any atom is -0.289 e. The number of fused-ring (bicyclic) bond motifs is 4. The number of hydrogen-bond acceptors (Lipinski definition) is 2. The van der Waals surface area contributed by atoms with Crippen LogP contribution in [-0.2, 0) is 0 Å². The quantitative estimate of drug-likeness (QED) is 0.0888. The largest absolute Gasteiger partial charge is 0.289 e. The van der Waals surface area contributed by atoms with Crippen LogP contribution in [0.1, 0.15) is 0 Å². The molecule has 0 amide bonds. The van der Waals surface area contributed by atoms with Gasteiger partial charge in [-0.1, -0.05) is 30.3 Å². The van der Waals surface area contributed by atoms with Crippen LogP contribution in [0.3, 0.4) is 0 Å². The molecule has 0 radical (unpaired) electrons. The maximum absolute atomic E-state index is 13.8. The van der Waals surface area contributed by atoms with Gasteiger partial charge in [-0.2, -0.15) is 0 Å². The van der Waals surface area contributed by atoms with Crippen LogP contribution in [0.15, 0.2) is 88.1 Å². The lowest BCUT2D eigenvalue weighted by Gasteiger charge is -2.20. The highest BCUT2D eigenvalue weighted by Crippen LogP contribution is 2.48. The molecule has 0 aliphatic heterocycles. The van der Waals surface area contributed by atoms with Crippen molar-refractivity contribution in [3.05, 3.63) is 99.0 Å². The molecule has 0 saturated carbocycles. The molecular weight excluding hydrogens is 712 g/mol. The molecule has 0 fully saturated rings. The Balaban J connectivity index is 1.80. The molecule has 0 spiro atoms. The zero-order valence-electron chi connectivity index (χ0n) is 18.1. The molecule has 8 rings (SSSR count). The van der Waals surface area contributed by atoms with E-state index >= 15 is 0 Å². The van der Waals surface area contributed by atoms with E-state index in [-0.39, 0.29) is 10.9 Å². The molecule has 0 heterocycles. The predicted octanol–water partition coefficient (Wildman–Crippen LogP) is 9.84. The fraction of sp³-hybridized carbons (Fsp3) is 0. The Morgan fingerprint density at radius 3 is 1.94 bits per heavy atom. The monoisotopic (exact) mass is 718 g/mol. The molecule has 36 heavy (non-hydrogen) atoms. The van der Waals surface area contributed by atoms with Crippen molar-refractivity contribution in [1.29, 1.82) is 0 Å². The van der Waals surface area contributed by atoms with Crippen LogP contribution in [0.4, 0.5) is 0 Å². The van der Waals surface area contributed by atoms with Crippen LogP contribution in [0, 0.1) is 0 Å². The Bertz CT molecular complexity index is 2400. The molecule has 2 nitrogen and oxygen atoms in total. The second-order valence-electron chi connectivity index (χ2n) is 9.25. The van der Waals surface area contributed by atoms with Gasteiger partial charge in [-0.3, -0.25) is 9.59 Å². The third-order valence-electron chi connectivity index (χ3n) is 7.55. The lowest BCUT2D eigenvalue weighted by molar-refractivity contribution is 1.60. The van der Waals surface area contributed by atoms with Gasteiger partial charge in [0.05, 0.1) is 0 Å². The van der Waals surface area contributed by atoms with Gasteiger partial charge in [0, 0.05) is 55.6 Å². The van der Waals surface area contributed by atoms with Crippen LogP contribution < -0.4 is 10.9 Å². The first-order valence-electron chi connectivity index (χ1n) is 11.2. The molecule has 0 unspecified atom stereocenters. The highest BCUT2D eigenvalue weighted by atomic mass is 79.9. The lowest BCUT2D eigenvalue weighted by Crippen LogP contribution is -2.07. The summed E-state index contributed by atoms with van der Waals surface area (Å²) in [6.45, 7) is 0. The molecule has 0 atom stereocenters. The smallest absolute Gasteiger partial charge is 0.195 e. The Kier molecular flexibility index (Phi) is 4.30. The van der Waals surface area contributed by atoms with Gasteiger partial charge in [0.1, 0.15) is 0 Å². The molecule has 0 bridgehead atoms. The molecular formula is C30H10Br4O2. The maximum Gasteiger partial charge on any atom is 0.195 e. The molecule has 0 aliphatic carbocycles. The first kappa shape index (κ1) is 21.7. The summed E-state index contributed by atoms with van der Waals surface area (Å²) in [5, 5.41) is 12.7. The summed E-state index contributed by atoms with van der Waals surface area (Å²) in [5.41, 5.74) is 0.0212. The first-order valence-corrected chi connectivity index (χ1v) is 14.4. The average molecular weight is 722 g/mol. The summed E-state index contributed by atoms with van der Waals surface area (Å²) < 4.78 is 3.31. The molecule has 0 aromatic heterocycles. The maximum atomic E-state index is 13.8. The van der Waals surface area contributed by atoms with Crippen molar-refractivity contribution in [1.82, 2.24) is 0 Å². The third kappa shape index (κ3) is 2.47. The van der Waals surface area contributed by atoms with Gasteiger partial charge in [-0.15, -0.1) is 0 Å². The van der Waals surface area contributed by atoms with Crippen LogP contribution in [-0.4, -0.2) is 0 Å². The second-order valence-corrected chi connectivity index (χ2v) is 12.5. The molecule has 170 valence electrons. The second kappa shape index (κ2) is 7.13. The van der Waals surface area contributed by atoms with Crippen LogP contribution >= 0.6 is 63.7 Å². The van der Waals surface area contributed by atoms with E-state index in [4.69, 9.17) is 0 Å². The molecule has 0 aliphatic rings. The van der Waals surface area contributed by atoms with Crippen LogP contribution in [0.2, 0.25) is 0 Å². The summed E-state index contributed by atoms with van der Waals surface area (Å²) in [7, 11) is 0. The zero-order chi connectivity index (χ0) is 24.6. The SMILES string of the molecule is O=c1c2cc(Br)c(Br)c(Br)c2c2cc3cc(Br)c4c(=O)c5ccccc5c5cc6ccc1c2c6c3c45. The Morgan fingerprint density at radius 1 is 0.417 bits per heavy atom. The third-order valence-corrected chi connectivity index (χ3v) is 11.5. The molecule has 0 saturated heterocycles. The minimum absolute atomic E-state index is 0.000483. The van der Waals surface area contributed by atoms with Gasteiger partial charge < -0.3 is 0 Å². The number of halogens is 4. The first-order chi connectivity index (χ1) is 17.4. The zero-order valence-corrected chi connectivity index (χ0v) is 24.4. The molecule has 0 N–H and O–H groups in total. The Labute approximate surface area is 236 Å². The summed E-state index contributed by atoms with van der Waals surface area (Å²) in [6.07, 6.45) is 0. The van der Waals surface area contributed by atoms with Crippen molar-refractivity contribution < 1.29 is 0 Å². The average Bonchev–Trinajstić information content (AvgIpc) is 2.88. The van der Waals surface area contributed by atoms with Gasteiger partial charge >= 0.3 is 0 Å². The molecule has 8 aromatic rings. The Hall–Kier alpha value is -2.38. The summed E-state index contributed by atoms with van der Waals surface area (Å²) in [6, 6.07) is 20.1. The minimum atomic E-state index is -0.000483. The summed E-state index contributed by atoms with van der Waals surface area (Å²) in [4.78, 5) is 27.5. The van der Waals surface area contributed by atoms with E-state index in [1.807, 2.05) is 48.5 Å². The Morgan fingerprint density at radius 2 is 1.14 bits per heavy atom. The standard InChI is InChI=1S/C30H10Br4O2/c31-19-9-12-8-17-23-15(29(35)18-10-20(32)27(33)28(34)24(17)18)6-5-11-7-16-13-3-1-2-4-14(13)30(36)26(19)25(16)22(12)21(11)23/h1-10H. The van der Waals surface area contributed by atoms with E-state index in [9.17, 15) is 9.59 Å². The van der Waals surface area contributed by atoms with Crippen molar-refractivity contribution in [3.8, 4) is 0 Å². The van der Waals surface area contributed by atoms with Crippen molar-refractivity contribution >= 4 is 139 Å². The predicted molar refractivity (Wildman–Crippen MR) is 166 cm³/mol. The number of hydrogen-bond donors (Lipinski definition) is 0. The summed E-state index contributed by atoms with van der Waals surface area (Å²) in [5.74, 6) is 0. The van der Waals surface area contributed by atoms with Crippen molar-refractivity contribution in [2.45, 2.75) is 0 Å². The fourth-order valence-electron chi connectivity index (χ4n) is 6.12. The van der Waals surface area contributed by atoms with E-state index < -0.39 is 0 Å². The van der Waals surface area contributed by atoms with Crippen LogP contribution in [0.5, 0.6) is 0 Å². The topological polar surface area (TPSA) is 34.1 Å². The molecule has 8 aromatic carbocycles. The van der Waals surface area contributed by atoms with Gasteiger partial charge in [-0.25, -0.2) is 0 Å². The lowest BCUT2D eigenvalue weighted by atomic mass is 9.84.